The van der Waals surface area contributed by atoms with E-state index in [2.05, 4.69) is 22.1 Å². The Bertz CT molecular complexity index is 733. The Morgan fingerprint density at radius 2 is 2.19 bits per heavy atom. The number of benzene rings is 1. The van der Waals surface area contributed by atoms with Gasteiger partial charge in [0.15, 0.2) is 0 Å². The summed E-state index contributed by atoms with van der Waals surface area (Å²) in [6.07, 6.45) is 1.55. The van der Waals surface area contributed by atoms with Crippen LogP contribution in [0.25, 0.3) is 0 Å². The van der Waals surface area contributed by atoms with Crippen LogP contribution in [0.4, 0.5) is 5.82 Å². The molecular formula is C16H13ClN2O2. The molecule has 2 N–H and O–H groups in total. The SMILES string of the molecule is Cc1cc(Cl)ccc1C(=O)Nc1cc(C#CCO)ccn1. The second kappa shape index (κ2) is 6.89. The molecule has 5 heteroatoms. The maximum absolute atomic E-state index is 12.2. The molecule has 0 radical (unpaired) electrons. The smallest absolute Gasteiger partial charge is 0.257 e. The maximum Gasteiger partial charge on any atom is 0.257 e. The van der Waals surface area contributed by atoms with E-state index in [1.165, 1.54) is 0 Å². The predicted molar refractivity (Wildman–Crippen MR) is 82.3 cm³/mol. The average Bonchev–Trinajstić information content (AvgIpc) is 2.45. The second-order valence-electron chi connectivity index (χ2n) is 4.30. The normalized spacial score (nSPS) is 9.67. The number of pyridine rings is 1. The van der Waals surface area contributed by atoms with E-state index in [0.29, 0.717) is 22.0 Å². The summed E-state index contributed by atoms with van der Waals surface area (Å²) < 4.78 is 0. The summed E-state index contributed by atoms with van der Waals surface area (Å²) in [6, 6.07) is 8.41. The van der Waals surface area contributed by atoms with Gasteiger partial charge in [-0.15, -0.1) is 0 Å². The minimum atomic E-state index is -0.260. The van der Waals surface area contributed by atoms with Gasteiger partial charge < -0.3 is 10.4 Å². The van der Waals surface area contributed by atoms with Crippen LogP contribution in [0, 0.1) is 18.8 Å². The number of nitrogens with one attached hydrogen (secondary N) is 1. The topological polar surface area (TPSA) is 62.2 Å². The largest absolute Gasteiger partial charge is 0.384 e. The van der Waals surface area contributed by atoms with Crippen LogP contribution in [0.1, 0.15) is 21.5 Å². The summed E-state index contributed by atoms with van der Waals surface area (Å²) in [5.74, 6) is 5.44. The van der Waals surface area contributed by atoms with Gasteiger partial charge in [0.25, 0.3) is 5.91 Å². The quantitative estimate of drug-likeness (QED) is 0.838. The van der Waals surface area contributed by atoms with Crippen molar-refractivity contribution >= 4 is 23.3 Å². The Labute approximate surface area is 127 Å². The van der Waals surface area contributed by atoms with Gasteiger partial charge in [0.1, 0.15) is 12.4 Å². The van der Waals surface area contributed by atoms with Gasteiger partial charge in [0.05, 0.1) is 0 Å². The molecule has 0 saturated carbocycles. The highest BCUT2D eigenvalue weighted by atomic mass is 35.5. The fourth-order valence-electron chi connectivity index (χ4n) is 1.78. The summed E-state index contributed by atoms with van der Waals surface area (Å²) in [5, 5.41) is 12.0. The van der Waals surface area contributed by atoms with E-state index >= 15 is 0 Å². The zero-order valence-electron chi connectivity index (χ0n) is 11.4. The van der Waals surface area contributed by atoms with Gasteiger partial charge in [-0.05, 0) is 42.8 Å². The summed E-state index contributed by atoms with van der Waals surface area (Å²) in [7, 11) is 0. The van der Waals surface area contributed by atoms with Crippen molar-refractivity contribution in [1.29, 1.82) is 0 Å². The first-order valence-electron chi connectivity index (χ1n) is 6.23. The highest BCUT2D eigenvalue weighted by Gasteiger charge is 2.10. The molecule has 1 amide bonds. The fraction of sp³-hybridized carbons (Fsp3) is 0.125. The van der Waals surface area contributed by atoms with E-state index in [0.717, 1.165) is 5.56 Å². The predicted octanol–water partition coefficient (Wildman–Crippen LogP) is 2.64. The minimum absolute atomic E-state index is 0.214. The molecule has 1 aromatic heterocycles. The molecule has 0 bridgehead atoms. The standard InChI is InChI=1S/C16H13ClN2O2/c1-11-9-13(17)4-5-14(11)16(21)19-15-10-12(3-2-8-20)6-7-18-15/h4-7,9-10,20H,8H2,1H3,(H,18,19,21). The molecular weight excluding hydrogens is 288 g/mol. The minimum Gasteiger partial charge on any atom is -0.384 e. The summed E-state index contributed by atoms with van der Waals surface area (Å²) in [5.41, 5.74) is 1.99. The van der Waals surface area contributed by atoms with Crippen molar-refractivity contribution < 1.29 is 9.90 Å². The van der Waals surface area contributed by atoms with Crippen LogP contribution >= 0.6 is 11.6 Å². The third kappa shape index (κ3) is 4.06. The lowest BCUT2D eigenvalue weighted by Crippen LogP contribution is -2.14. The van der Waals surface area contributed by atoms with Gasteiger partial charge in [-0.3, -0.25) is 4.79 Å². The van der Waals surface area contributed by atoms with Gasteiger partial charge in [-0.1, -0.05) is 23.4 Å². The average molecular weight is 301 g/mol. The van der Waals surface area contributed by atoms with Crippen molar-refractivity contribution in [2.75, 3.05) is 11.9 Å². The van der Waals surface area contributed by atoms with Crippen molar-refractivity contribution in [2.45, 2.75) is 6.92 Å². The Kier molecular flexibility index (Phi) is 4.94. The van der Waals surface area contributed by atoms with E-state index in [4.69, 9.17) is 16.7 Å². The van der Waals surface area contributed by atoms with Crippen LogP contribution in [0.5, 0.6) is 0 Å². The van der Waals surface area contributed by atoms with Gasteiger partial charge in [-0.25, -0.2) is 4.98 Å². The van der Waals surface area contributed by atoms with Gasteiger partial charge in [-0.2, -0.15) is 0 Å². The Morgan fingerprint density at radius 3 is 2.90 bits per heavy atom. The molecule has 2 rings (SSSR count). The number of amides is 1. The number of aromatic nitrogens is 1. The lowest BCUT2D eigenvalue weighted by molar-refractivity contribution is 0.102. The van der Waals surface area contributed by atoms with Crippen LogP contribution in [-0.4, -0.2) is 22.6 Å². The molecule has 4 nitrogen and oxygen atoms in total. The molecule has 1 aromatic carbocycles. The van der Waals surface area contributed by atoms with Gasteiger partial charge in [0, 0.05) is 22.3 Å². The summed E-state index contributed by atoms with van der Waals surface area (Å²) >= 11 is 5.87. The summed E-state index contributed by atoms with van der Waals surface area (Å²) in [4.78, 5) is 16.3. The first-order valence-corrected chi connectivity index (χ1v) is 6.61. The van der Waals surface area contributed by atoms with Crippen LogP contribution in [0.2, 0.25) is 5.02 Å². The van der Waals surface area contributed by atoms with Gasteiger partial charge in [0.2, 0.25) is 0 Å². The highest BCUT2D eigenvalue weighted by molar-refractivity contribution is 6.30. The second-order valence-corrected chi connectivity index (χ2v) is 4.74. The Balaban J connectivity index is 2.19. The number of carbonyl (C=O) groups is 1. The number of halogens is 1. The Hall–Kier alpha value is -2.35. The van der Waals surface area contributed by atoms with Crippen molar-refractivity contribution in [1.82, 2.24) is 4.98 Å². The Morgan fingerprint density at radius 1 is 1.38 bits per heavy atom. The van der Waals surface area contributed by atoms with Crippen LogP contribution in [0.15, 0.2) is 36.5 Å². The van der Waals surface area contributed by atoms with E-state index < -0.39 is 0 Å². The van der Waals surface area contributed by atoms with Crippen molar-refractivity contribution in [2.24, 2.45) is 0 Å². The molecule has 0 fully saturated rings. The molecule has 2 aromatic rings. The van der Waals surface area contributed by atoms with E-state index in [9.17, 15) is 4.79 Å². The highest BCUT2D eigenvalue weighted by Crippen LogP contribution is 2.16. The number of aryl methyl sites for hydroxylation is 1. The number of nitrogens with zero attached hydrogens (tertiary/aromatic N) is 1. The molecule has 1 heterocycles. The van der Waals surface area contributed by atoms with E-state index in [1.807, 2.05) is 6.92 Å². The number of aliphatic hydroxyl groups is 1. The molecule has 0 spiro atoms. The van der Waals surface area contributed by atoms with Crippen molar-refractivity contribution in [3.05, 3.63) is 58.2 Å². The third-order valence-corrected chi connectivity index (χ3v) is 2.98. The van der Waals surface area contributed by atoms with Crippen molar-refractivity contribution in [3.8, 4) is 11.8 Å². The zero-order valence-corrected chi connectivity index (χ0v) is 12.1. The molecule has 0 unspecified atom stereocenters. The molecule has 106 valence electrons. The van der Waals surface area contributed by atoms with Crippen LogP contribution < -0.4 is 5.32 Å². The van der Waals surface area contributed by atoms with E-state index in [1.54, 1.807) is 36.5 Å². The summed E-state index contributed by atoms with van der Waals surface area (Å²) in [6.45, 7) is 1.60. The lowest BCUT2D eigenvalue weighted by Gasteiger charge is -2.07. The number of carbonyl (C=O) groups excluding carboxylic acids is 1. The third-order valence-electron chi connectivity index (χ3n) is 2.75. The molecule has 21 heavy (non-hydrogen) atoms. The first-order chi connectivity index (χ1) is 10.1. The molecule has 0 atom stereocenters. The number of anilines is 1. The lowest BCUT2D eigenvalue weighted by atomic mass is 10.1. The van der Waals surface area contributed by atoms with Gasteiger partial charge >= 0.3 is 0 Å². The number of aliphatic hydroxyl groups excluding tert-OH is 1. The molecule has 0 aliphatic carbocycles. The molecule has 0 saturated heterocycles. The fourth-order valence-corrected chi connectivity index (χ4v) is 2.01. The van der Waals surface area contributed by atoms with Crippen molar-refractivity contribution in [3.63, 3.8) is 0 Å². The molecule has 0 aliphatic rings. The van der Waals surface area contributed by atoms with E-state index in [-0.39, 0.29) is 12.5 Å². The van der Waals surface area contributed by atoms with Crippen LogP contribution in [0.3, 0.4) is 0 Å². The number of hydrogen-bond acceptors (Lipinski definition) is 3. The van der Waals surface area contributed by atoms with Crippen LogP contribution in [-0.2, 0) is 0 Å². The number of rotatable bonds is 2. The monoisotopic (exact) mass is 300 g/mol. The molecule has 0 aliphatic heterocycles. The number of hydrogen-bond donors (Lipinski definition) is 2. The first kappa shape index (κ1) is 15.0. The maximum atomic E-state index is 12.2. The zero-order chi connectivity index (χ0) is 15.2.